The van der Waals surface area contributed by atoms with Gasteiger partial charge in [-0.2, -0.15) is 0 Å². The van der Waals surface area contributed by atoms with Crippen LogP contribution >= 0.6 is 0 Å². The fourth-order valence-electron chi connectivity index (χ4n) is 5.62. The van der Waals surface area contributed by atoms with Crippen molar-refractivity contribution in [3.63, 3.8) is 0 Å². The molecule has 31 heavy (non-hydrogen) atoms. The Kier molecular flexibility index (Phi) is 5.97. The Morgan fingerprint density at radius 3 is 2.58 bits per heavy atom. The summed E-state index contributed by atoms with van der Waals surface area (Å²) < 4.78 is 12.7. The molecule has 0 aromatic heterocycles. The summed E-state index contributed by atoms with van der Waals surface area (Å²) in [4.78, 5) is 25.1. The van der Waals surface area contributed by atoms with Crippen molar-refractivity contribution in [1.29, 1.82) is 0 Å². The number of carbonyl (C=O) groups is 2. The van der Waals surface area contributed by atoms with E-state index in [0.717, 1.165) is 36.8 Å². The summed E-state index contributed by atoms with van der Waals surface area (Å²) in [6, 6.07) is 5.09. The lowest BCUT2D eigenvalue weighted by Crippen LogP contribution is -2.48. The van der Waals surface area contributed by atoms with Crippen molar-refractivity contribution in [3.05, 3.63) is 35.4 Å². The van der Waals surface area contributed by atoms with Crippen LogP contribution in [0.4, 0.5) is 0 Å². The molecule has 1 aromatic carbocycles. The maximum absolute atomic E-state index is 12.8. The van der Waals surface area contributed by atoms with Crippen molar-refractivity contribution in [2.45, 2.75) is 83.2 Å². The second-order valence-corrected chi connectivity index (χ2v) is 9.70. The van der Waals surface area contributed by atoms with Gasteiger partial charge in [0.1, 0.15) is 5.75 Å². The molecule has 1 aliphatic heterocycles. The van der Waals surface area contributed by atoms with Gasteiger partial charge in [-0.3, -0.25) is 9.59 Å². The van der Waals surface area contributed by atoms with E-state index in [2.05, 4.69) is 0 Å². The lowest BCUT2D eigenvalue weighted by Gasteiger charge is -2.41. The molecule has 0 amide bonds. The zero-order valence-electron chi connectivity index (χ0n) is 18.3. The third-order valence-electron chi connectivity index (χ3n) is 7.21. The number of aliphatic carboxylic acids is 1. The highest BCUT2D eigenvalue weighted by molar-refractivity contribution is 5.96. The van der Waals surface area contributed by atoms with E-state index in [1.54, 1.807) is 31.2 Å². The molecule has 1 unspecified atom stereocenters. The van der Waals surface area contributed by atoms with Crippen LogP contribution in [0.5, 0.6) is 5.75 Å². The molecule has 4 atom stereocenters. The number of aryl methyl sites for hydroxylation is 1. The largest absolute Gasteiger partial charge is 0.508 e. The predicted octanol–water partition coefficient (Wildman–Crippen LogP) is 4.62. The van der Waals surface area contributed by atoms with Crippen molar-refractivity contribution < 1.29 is 29.3 Å². The Morgan fingerprint density at radius 2 is 1.90 bits per heavy atom. The van der Waals surface area contributed by atoms with E-state index in [4.69, 9.17) is 9.47 Å². The van der Waals surface area contributed by atoms with E-state index in [0.29, 0.717) is 12.8 Å². The topological polar surface area (TPSA) is 93.1 Å². The molecule has 6 heteroatoms. The quantitative estimate of drug-likeness (QED) is 0.665. The molecule has 3 aliphatic rings. The summed E-state index contributed by atoms with van der Waals surface area (Å²) in [6.45, 7) is 3.80. The molecule has 1 heterocycles. The van der Waals surface area contributed by atoms with Gasteiger partial charge in [0, 0.05) is 19.3 Å². The number of carboxylic acids is 1. The van der Waals surface area contributed by atoms with Crippen molar-refractivity contribution in [2.24, 2.45) is 11.3 Å². The maximum atomic E-state index is 12.8. The van der Waals surface area contributed by atoms with Gasteiger partial charge in [-0.15, -0.1) is 0 Å². The van der Waals surface area contributed by atoms with Crippen molar-refractivity contribution >= 4 is 17.8 Å². The minimum atomic E-state index is -1.14. The summed E-state index contributed by atoms with van der Waals surface area (Å²) in [5.74, 6) is -1.50. The first kappa shape index (κ1) is 22.0. The number of hydrogen-bond donors (Lipinski definition) is 2. The number of carbonyl (C=O) groups excluding carboxylic acids is 1. The minimum absolute atomic E-state index is 0.00711. The van der Waals surface area contributed by atoms with Crippen molar-refractivity contribution in [1.82, 2.24) is 0 Å². The Bertz CT molecular complexity index is 884. The number of fused-ring (bicyclic) bond motifs is 1. The highest BCUT2D eigenvalue weighted by Gasteiger charge is 2.58. The summed E-state index contributed by atoms with van der Waals surface area (Å²) in [7, 11) is 0. The highest BCUT2D eigenvalue weighted by atomic mass is 16.8. The fraction of sp³-hybridized carbons (Fsp3) is 0.600. The average Bonchev–Trinajstić information content (AvgIpc) is 3.07. The third kappa shape index (κ3) is 4.41. The van der Waals surface area contributed by atoms with Crippen LogP contribution < -0.4 is 0 Å². The van der Waals surface area contributed by atoms with Gasteiger partial charge in [-0.25, -0.2) is 0 Å². The van der Waals surface area contributed by atoms with E-state index in [9.17, 15) is 19.8 Å². The van der Waals surface area contributed by atoms with Crippen LogP contribution in [0.15, 0.2) is 24.3 Å². The Hall–Kier alpha value is -2.18. The molecule has 1 aromatic rings. The molecule has 1 saturated heterocycles. The first-order valence-corrected chi connectivity index (χ1v) is 11.3. The summed E-state index contributed by atoms with van der Waals surface area (Å²) >= 11 is 0. The zero-order valence-corrected chi connectivity index (χ0v) is 18.3. The zero-order chi connectivity index (χ0) is 22.2. The van der Waals surface area contributed by atoms with Crippen LogP contribution in [0, 0.1) is 18.3 Å². The van der Waals surface area contributed by atoms with E-state index in [-0.39, 0.29) is 36.1 Å². The lowest BCUT2D eigenvalue weighted by molar-refractivity contribution is -0.196. The third-order valence-corrected chi connectivity index (χ3v) is 7.21. The molecule has 2 saturated carbocycles. The molecule has 4 rings (SSSR count). The second kappa shape index (κ2) is 8.40. The number of rotatable bonds is 5. The van der Waals surface area contributed by atoms with E-state index >= 15 is 0 Å². The van der Waals surface area contributed by atoms with Gasteiger partial charge in [0.2, 0.25) is 0 Å². The molecular formula is C25H32O6. The van der Waals surface area contributed by atoms with Gasteiger partial charge in [-0.1, -0.05) is 25.5 Å². The highest BCUT2D eigenvalue weighted by Crippen LogP contribution is 2.52. The van der Waals surface area contributed by atoms with Gasteiger partial charge in [0.05, 0.1) is 17.6 Å². The van der Waals surface area contributed by atoms with Crippen molar-refractivity contribution in [2.75, 3.05) is 0 Å². The predicted molar refractivity (Wildman–Crippen MR) is 116 cm³/mol. The van der Waals surface area contributed by atoms with Crippen LogP contribution in [-0.2, 0) is 19.1 Å². The second-order valence-electron chi connectivity index (χ2n) is 9.70. The number of phenols is 1. The number of aromatic hydroxyl groups is 1. The maximum Gasteiger partial charge on any atom is 0.310 e. The fourth-order valence-corrected chi connectivity index (χ4v) is 5.62. The first-order valence-electron chi connectivity index (χ1n) is 11.3. The number of benzene rings is 1. The first-order chi connectivity index (χ1) is 14.7. The smallest absolute Gasteiger partial charge is 0.310 e. The summed E-state index contributed by atoms with van der Waals surface area (Å²) in [5.41, 5.74) is 0.367. The average molecular weight is 429 g/mol. The van der Waals surface area contributed by atoms with Crippen LogP contribution in [0.2, 0.25) is 0 Å². The summed E-state index contributed by atoms with van der Waals surface area (Å²) in [6.07, 6.45) is 8.42. The normalized spacial score (nSPS) is 32.3. The molecule has 3 fully saturated rings. The molecular weight excluding hydrogens is 396 g/mol. The number of hydrogen-bond acceptors (Lipinski definition) is 5. The molecule has 2 aliphatic carbocycles. The number of phenolic OH excluding ortho intramolecular Hbond substituents is 1. The Balaban J connectivity index is 1.48. The van der Waals surface area contributed by atoms with Gasteiger partial charge < -0.3 is 19.7 Å². The van der Waals surface area contributed by atoms with Gasteiger partial charge in [0.25, 0.3) is 0 Å². The molecule has 6 nitrogen and oxygen atoms in total. The number of carboxylic acid groups (broad SMARTS) is 1. The number of allylic oxidation sites excluding steroid dienone is 1. The van der Waals surface area contributed by atoms with E-state index < -0.39 is 17.2 Å². The van der Waals surface area contributed by atoms with Crippen LogP contribution in [0.3, 0.4) is 0 Å². The van der Waals surface area contributed by atoms with Gasteiger partial charge >= 0.3 is 5.97 Å². The van der Waals surface area contributed by atoms with Gasteiger partial charge in [-0.05, 0) is 67.9 Å². The molecule has 168 valence electrons. The molecule has 2 N–H and O–H groups in total. The SMILES string of the molecule is Cc1cc(/C=C/C(=O)C[C@@]2(C(=O)O)CC3OC4(CCCCC4)O[C@H]3[C@H](C)C2)ccc1O. The van der Waals surface area contributed by atoms with Gasteiger partial charge in [0.15, 0.2) is 11.6 Å². The molecule has 0 bridgehead atoms. The minimum Gasteiger partial charge on any atom is -0.508 e. The number of ether oxygens (including phenoxy) is 2. The van der Waals surface area contributed by atoms with Crippen molar-refractivity contribution in [3.8, 4) is 5.75 Å². The van der Waals surface area contributed by atoms with E-state index in [1.165, 1.54) is 12.5 Å². The van der Waals surface area contributed by atoms with Crippen LogP contribution in [0.1, 0.15) is 69.4 Å². The standard InChI is InChI=1S/C25H32O6/c1-16-12-18(7-9-20(16)27)6-8-19(26)14-24(23(28)29)13-17(2)22-21(15-24)30-25(31-22)10-4-3-5-11-25/h6-9,12,17,21-22,27H,3-5,10-11,13-15H2,1-2H3,(H,28,29)/b8-6+/t17-,21?,22+,24-/m1/s1. The van der Waals surface area contributed by atoms with Crippen LogP contribution in [0.25, 0.3) is 6.08 Å². The Labute approximate surface area is 183 Å². The van der Waals surface area contributed by atoms with E-state index in [1.807, 2.05) is 6.92 Å². The number of ketones is 1. The molecule has 1 spiro atoms. The lowest BCUT2D eigenvalue weighted by atomic mass is 9.65. The monoisotopic (exact) mass is 428 g/mol. The Morgan fingerprint density at radius 1 is 1.16 bits per heavy atom. The molecule has 0 radical (unpaired) electrons. The van der Waals surface area contributed by atoms with Crippen LogP contribution in [-0.4, -0.2) is 40.0 Å². The summed E-state index contributed by atoms with van der Waals surface area (Å²) in [5, 5.41) is 19.8.